The molecule has 6 nitrogen and oxygen atoms in total. The van der Waals surface area contributed by atoms with Crippen LogP contribution in [0.15, 0.2) is 34.9 Å². The highest BCUT2D eigenvalue weighted by Gasteiger charge is 2.29. The van der Waals surface area contributed by atoms with Crippen LogP contribution in [0, 0.1) is 6.92 Å². The standard InChI is InChI=1S/C24H28N4O2S/c1-16-7-9-18(10-8-16)22-25-23(30-26-22)17(2)27-11-13-28(14-12-27)24(29)21-15-19-5-3-4-6-20(19)31-21/h7-10,15,17H,3-6,11-14H2,1-2H3. The summed E-state index contributed by atoms with van der Waals surface area (Å²) in [6.07, 6.45) is 4.75. The van der Waals surface area contributed by atoms with Crippen molar-refractivity contribution in [1.29, 1.82) is 0 Å². The summed E-state index contributed by atoms with van der Waals surface area (Å²) < 4.78 is 5.57. The lowest BCUT2D eigenvalue weighted by Crippen LogP contribution is -2.49. The molecule has 1 fully saturated rings. The van der Waals surface area contributed by atoms with E-state index in [2.05, 4.69) is 47.1 Å². The quantitative estimate of drug-likeness (QED) is 0.602. The Hall–Kier alpha value is -2.51. The van der Waals surface area contributed by atoms with E-state index in [1.54, 1.807) is 11.3 Å². The van der Waals surface area contributed by atoms with Crippen molar-refractivity contribution < 1.29 is 9.32 Å². The van der Waals surface area contributed by atoms with Crippen molar-refractivity contribution in [2.24, 2.45) is 0 Å². The molecule has 2 aromatic heterocycles. The first-order chi connectivity index (χ1) is 15.1. The Morgan fingerprint density at radius 1 is 1.10 bits per heavy atom. The lowest BCUT2D eigenvalue weighted by Gasteiger charge is -2.36. The van der Waals surface area contributed by atoms with Crippen molar-refractivity contribution in [3.8, 4) is 11.4 Å². The Labute approximate surface area is 186 Å². The van der Waals surface area contributed by atoms with Gasteiger partial charge in [0.15, 0.2) is 0 Å². The molecule has 5 rings (SSSR count). The van der Waals surface area contributed by atoms with Crippen LogP contribution in [0.4, 0.5) is 0 Å². The molecular formula is C24H28N4O2S. The first-order valence-corrected chi connectivity index (χ1v) is 12.0. The molecule has 7 heteroatoms. The maximum absolute atomic E-state index is 13.0. The molecule has 1 aliphatic heterocycles. The van der Waals surface area contributed by atoms with Gasteiger partial charge in [0, 0.05) is 36.6 Å². The van der Waals surface area contributed by atoms with E-state index in [1.807, 2.05) is 17.0 Å². The molecule has 0 N–H and O–H groups in total. The van der Waals surface area contributed by atoms with Gasteiger partial charge in [-0.1, -0.05) is 35.0 Å². The van der Waals surface area contributed by atoms with Crippen molar-refractivity contribution in [2.45, 2.75) is 45.6 Å². The van der Waals surface area contributed by atoms with Crippen LogP contribution in [-0.2, 0) is 12.8 Å². The van der Waals surface area contributed by atoms with Gasteiger partial charge in [0.25, 0.3) is 5.91 Å². The predicted octanol–water partition coefficient (Wildman–Crippen LogP) is 4.50. The highest BCUT2D eigenvalue weighted by molar-refractivity contribution is 7.14. The maximum atomic E-state index is 13.0. The van der Waals surface area contributed by atoms with E-state index in [1.165, 1.54) is 28.8 Å². The molecule has 1 aromatic carbocycles. The smallest absolute Gasteiger partial charge is 0.264 e. The summed E-state index contributed by atoms with van der Waals surface area (Å²) in [5.74, 6) is 1.43. The van der Waals surface area contributed by atoms with Gasteiger partial charge in [0.2, 0.25) is 11.7 Å². The Balaban J connectivity index is 1.21. The fourth-order valence-electron chi connectivity index (χ4n) is 4.45. The van der Waals surface area contributed by atoms with Crippen LogP contribution >= 0.6 is 11.3 Å². The molecule has 1 aliphatic carbocycles. The van der Waals surface area contributed by atoms with Crippen LogP contribution in [0.3, 0.4) is 0 Å². The average Bonchev–Trinajstić information content (AvgIpc) is 3.46. The lowest BCUT2D eigenvalue weighted by atomic mass is 9.99. The summed E-state index contributed by atoms with van der Waals surface area (Å²) in [7, 11) is 0. The second-order valence-electron chi connectivity index (χ2n) is 8.59. The zero-order valence-electron chi connectivity index (χ0n) is 18.1. The molecule has 1 unspecified atom stereocenters. The van der Waals surface area contributed by atoms with Gasteiger partial charge >= 0.3 is 0 Å². The number of hydrogen-bond donors (Lipinski definition) is 0. The third-order valence-corrected chi connectivity index (χ3v) is 7.69. The first-order valence-electron chi connectivity index (χ1n) is 11.1. The second-order valence-corrected chi connectivity index (χ2v) is 9.73. The minimum absolute atomic E-state index is 0.0259. The van der Waals surface area contributed by atoms with Crippen molar-refractivity contribution in [2.75, 3.05) is 26.2 Å². The van der Waals surface area contributed by atoms with E-state index in [0.717, 1.165) is 49.5 Å². The molecule has 1 saturated heterocycles. The topological polar surface area (TPSA) is 62.5 Å². The summed E-state index contributed by atoms with van der Waals surface area (Å²) in [5.41, 5.74) is 3.56. The summed E-state index contributed by atoms with van der Waals surface area (Å²) in [4.78, 5) is 24.3. The highest BCUT2D eigenvalue weighted by Crippen LogP contribution is 2.31. The number of aromatic nitrogens is 2. The summed E-state index contributed by atoms with van der Waals surface area (Å²) in [6.45, 7) is 7.22. The van der Waals surface area contributed by atoms with E-state index < -0.39 is 0 Å². The van der Waals surface area contributed by atoms with E-state index in [0.29, 0.717) is 11.7 Å². The molecule has 0 radical (unpaired) electrons. The van der Waals surface area contributed by atoms with Crippen molar-refractivity contribution in [3.05, 3.63) is 57.1 Å². The number of benzene rings is 1. The van der Waals surface area contributed by atoms with Crippen LogP contribution in [0.5, 0.6) is 0 Å². The van der Waals surface area contributed by atoms with E-state index in [4.69, 9.17) is 4.52 Å². The third-order valence-electron chi connectivity index (χ3n) is 6.47. The monoisotopic (exact) mass is 436 g/mol. The molecule has 0 saturated carbocycles. The summed E-state index contributed by atoms with van der Waals surface area (Å²) >= 11 is 1.70. The minimum atomic E-state index is 0.0259. The fourth-order valence-corrected chi connectivity index (χ4v) is 5.67. The Bertz CT molecular complexity index is 1040. The first kappa shape index (κ1) is 20.4. The van der Waals surface area contributed by atoms with Gasteiger partial charge in [-0.05, 0) is 51.2 Å². The Kier molecular flexibility index (Phi) is 5.63. The van der Waals surface area contributed by atoms with Gasteiger partial charge < -0.3 is 9.42 Å². The SMILES string of the molecule is Cc1ccc(-c2noc(C(C)N3CCN(C(=O)c4cc5c(s4)CCCC5)CC3)n2)cc1. The number of fused-ring (bicyclic) bond motifs is 1. The fraction of sp³-hybridized carbons (Fsp3) is 0.458. The van der Waals surface area contributed by atoms with Gasteiger partial charge in [-0.3, -0.25) is 9.69 Å². The number of amides is 1. The van der Waals surface area contributed by atoms with Crippen molar-refractivity contribution in [1.82, 2.24) is 19.9 Å². The number of piperazine rings is 1. The molecule has 31 heavy (non-hydrogen) atoms. The number of nitrogens with zero attached hydrogens (tertiary/aromatic N) is 4. The summed E-state index contributed by atoms with van der Waals surface area (Å²) in [6, 6.07) is 10.3. The molecule has 3 heterocycles. The second kappa shape index (κ2) is 8.55. The highest BCUT2D eigenvalue weighted by atomic mass is 32.1. The van der Waals surface area contributed by atoms with Gasteiger partial charge in [-0.2, -0.15) is 4.98 Å². The van der Waals surface area contributed by atoms with Crippen LogP contribution in [0.1, 0.15) is 57.4 Å². The van der Waals surface area contributed by atoms with Gasteiger partial charge in [-0.15, -0.1) is 11.3 Å². The number of hydrogen-bond acceptors (Lipinski definition) is 6. The minimum Gasteiger partial charge on any atom is -0.337 e. The Morgan fingerprint density at radius 2 is 1.84 bits per heavy atom. The largest absolute Gasteiger partial charge is 0.337 e. The van der Waals surface area contributed by atoms with Gasteiger partial charge in [-0.25, -0.2) is 0 Å². The zero-order valence-corrected chi connectivity index (χ0v) is 19.0. The van der Waals surface area contributed by atoms with Crippen LogP contribution in [-0.4, -0.2) is 52.0 Å². The molecule has 162 valence electrons. The van der Waals surface area contributed by atoms with Crippen LogP contribution in [0.2, 0.25) is 0 Å². The van der Waals surface area contributed by atoms with Gasteiger partial charge in [0.05, 0.1) is 10.9 Å². The van der Waals surface area contributed by atoms with E-state index in [-0.39, 0.29) is 11.9 Å². The van der Waals surface area contributed by atoms with E-state index in [9.17, 15) is 4.79 Å². The zero-order chi connectivity index (χ0) is 21.4. The molecule has 1 amide bonds. The van der Waals surface area contributed by atoms with Crippen molar-refractivity contribution in [3.63, 3.8) is 0 Å². The predicted molar refractivity (Wildman–Crippen MR) is 121 cm³/mol. The molecule has 1 atom stereocenters. The maximum Gasteiger partial charge on any atom is 0.264 e. The van der Waals surface area contributed by atoms with Crippen molar-refractivity contribution >= 4 is 17.2 Å². The number of aryl methyl sites for hydroxylation is 3. The summed E-state index contributed by atoms with van der Waals surface area (Å²) in [5, 5.41) is 4.17. The number of thiophene rings is 1. The number of carbonyl (C=O) groups excluding carboxylic acids is 1. The van der Waals surface area contributed by atoms with Crippen LogP contribution < -0.4 is 0 Å². The molecule has 3 aromatic rings. The molecule has 0 bridgehead atoms. The average molecular weight is 437 g/mol. The molecular weight excluding hydrogens is 408 g/mol. The van der Waals surface area contributed by atoms with Crippen LogP contribution in [0.25, 0.3) is 11.4 Å². The lowest BCUT2D eigenvalue weighted by molar-refractivity contribution is 0.0556. The van der Waals surface area contributed by atoms with Gasteiger partial charge in [0.1, 0.15) is 0 Å². The number of rotatable bonds is 4. The normalized spacial score (nSPS) is 18.1. The third kappa shape index (κ3) is 4.16. The Morgan fingerprint density at radius 3 is 2.58 bits per heavy atom. The van der Waals surface area contributed by atoms with E-state index >= 15 is 0 Å². The molecule has 0 spiro atoms. The number of carbonyl (C=O) groups is 1. The molecule has 2 aliphatic rings.